The van der Waals surface area contributed by atoms with E-state index in [2.05, 4.69) is 17.1 Å². The van der Waals surface area contributed by atoms with Crippen LogP contribution in [0.5, 0.6) is 0 Å². The first-order chi connectivity index (χ1) is 10.3. The first kappa shape index (κ1) is 13.6. The first-order valence-electron chi connectivity index (χ1n) is 7.28. The van der Waals surface area contributed by atoms with Crippen LogP contribution in [0.15, 0.2) is 53.6 Å². The Morgan fingerprint density at radius 3 is 2.81 bits per heavy atom. The van der Waals surface area contributed by atoms with Crippen LogP contribution in [0.1, 0.15) is 28.8 Å². The molecule has 1 aliphatic heterocycles. The van der Waals surface area contributed by atoms with Gasteiger partial charge in [-0.2, -0.15) is 0 Å². The van der Waals surface area contributed by atoms with E-state index >= 15 is 0 Å². The van der Waals surface area contributed by atoms with Gasteiger partial charge in [-0.3, -0.25) is 9.59 Å². The maximum absolute atomic E-state index is 12.6. The molecule has 1 aliphatic rings. The molecule has 4 nitrogen and oxygen atoms in total. The fourth-order valence-corrected chi connectivity index (χ4v) is 2.94. The second-order valence-corrected chi connectivity index (χ2v) is 5.41. The number of aromatic amines is 1. The lowest BCUT2D eigenvalue weighted by Crippen LogP contribution is -2.38. The number of nitrogens with zero attached hydrogens (tertiary/aromatic N) is 1. The van der Waals surface area contributed by atoms with Crippen LogP contribution in [-0.4, -0.2) is 28.4 Å². The second kappa shape index (κ2) is 5.95. The third-order valence-electron chi connectivity index (χ3n) is 4.01. The van der Waals surface area contributed by atoms with Crippen molar-refractivity contribution in [3.05, 3.63) is 70.1 Å². The molecule has 0 aliphatic carbocycles. The summed E-state index contributed by atoms with van der Waals surface area (Å²) in [6.07, 6.45) is 5.88. The third kappa shape index (κ3) is 2.89. The molecule has 1 atom stereocenters. The molecule has 4 heteroatoms. The lowest BCUT2D eigenvalue weighted by Gasteiger charge is -2.24. The molecule has 108 valence electrons. The van der Waals surface area contributed by atoms with Crippen LogP contribution in [0.3, 0.4) is 0 Å². The van der Waals surface area contributed by atoms with Crippen LogP contribution in [0.4, 0.5) is 0 Å². The SMILES string of the molecule is O=C(c1c[nH]ccc1=O)N1CCCC1Cc1ccccc1. The molecule has 3 rings (SSSR count). The summed E-state index contributed by atoms with van der Waals surface area (Å²) in [4.78, 5) is 29.1. The molecule has 1 amide bonds. The molecule has 1 unspecified atom stereocenters. The van der Waals surface area contributed by atoms with Crippen LogP contribution in [0.2, 0.25) is 0 Å². The van der Waals surface area contributed by atoms with Crippen molar-refractivity contribution in [3.8, 4) is 0 Å². The zero-order valence-corrected chi connectivity index (χ0v) is 11.8. The summed E-state index contributed by atoms with van der Waals surface area (Å²) >= 11 is 0. The molecule has 1 saturated heterocycles. The van der Waals surface area contributed by atoms with E-state index in [1.165, 1.54) is 17.8 Å². The lowest BCUT2D eigenvalue weighted by atomic mass is 10.0. The predicted molar refractivity (Wildman–Crippen MR) is 81.3 cm³/mol. The fraction of sp³-hybridized carbons (Fsp3) is 0.294. The van der Waals surface area contributed by atoms with Crippen LogP contribution in [0, 0.1) is 0 Å². The molecule has 0 spiro atoms. The first-order valence-corrected chi connectivity index (χ1v) is 7.28. The largest absolute Gasteiger partial charge is 0.367 e. The van der Waals surface area contributed by atoms with E-state index < -0.39 is 0 Å². The number of rotatable bonds is 3. The van der Waals surface area contributed by atoms with E-state index in [-0.39, 0.29) is 22.9 Å². The summed E-state index contributed by atoms with van der Waals surface area (Å²) in [7, 11) is 0. The molecule has 2 aromatic rings. The molecule has 0 bridgehead atoms. The number of likely N-dealkylation sites (tertiary alicyclic amines) is 1. The van der Waals surface area contributed by atoms with Crippen LogP contribution in [0.25, 0.3) is 0 Å². The molecule has 1 N–H and O–H groups in total. The molecule has 1 fully saturated rings. The number of nitrogens with one attached hydrogen (secondary N) is 1. The quantitative estimate of drug-likeness (QED) is 0.938. The van der Waals surface area contributed by atoms with Crippen LogP contribution in [-0.2, 0) is 6.42 Å². The topological polar surface area (TPSA) is 53.2 Å². The van der Waals surface area contributed by atoms with Crippen molar-refractivity contribution in [2.45, 2.75) is 25.3 Å². The van der Waals surface area contributed by atoms with Crippen molar-refractivity contribution in [3.63, 3.8) is 0 Å². The highest BCUT2D eigenvalue weighted by molar-refractivity contribution is 5.94. The minimum Gasteiger partial charge on any atom is -0.367 e. The van der Waals surface area contributed by atoms with Crippen molar-refractivity contribution in [2.24, 2.45) is 0 Å². The number of hydrogen-bond acceptors (Lipinski definition) is 2. The van der Waals surface area contributed by atoms with Gasteiger partial charge in [-0.1, -0.05) is 30.3 Å². The highest BCUT2D eigenvalue weighted by atomic mass is 16.2. The van der Waals surface area contributed by atoms with Gasteiger partial charge in [0.05, 0.1) is 0 Å². The zero-order chi connectivity index (χ0) is 14.7. The van der Waals surface area contributed by atoms with Crippen LogP contribution >= 0.6 is 0 Å². The van der Waals surface area contributed by atoms with Crippen molar-refractivity contribution in [2.75, 3.05) is 6.54 Å². The van der Waals surface area contributed by atoms with Gasteiger partial charge in [0.25, 0.3) is 5.91 Å². The van der Waals surface area contributed by atoms with Gasteiger partial charge in [0.15, 0.2) is 5.43 Å². The van der Waals surface area contributed by atoms with Crippen molar-refractivity contribution in [1.82, 2.24) is 9.88 Å². The Balaban J connectivity index is 1.79. The van der Waals surface area contributed by atoms with Gasteiger partial charge in [-0.05, 0) is 24.8 Å². The average molecular weight is 282 g/mol. The number of H-pyrrole nitrogens is 1. The predicted octanol–water partition coefficient (Wildman–Crippen LogP) is 2.22. The number of aromatic nitrogens is 1. The van der Waals surface area contributed by atoms with Gasteiger partial charge in [-0.25, -0.2) is 0 Å². The van der Waals surface area contributed by atoms with Crippen molar-refractivity contribution < 1.29 is 4.79 Å². The summed E-state index contributed by atoms with van der Waals surface area (Å²) in [6.45, 7) is 0.727. The smallest absolute Gasteiger partial charge is 0.259 e. The van der Waals surface area contributed by atoms with E-state index in [0.717, 1.165) is 25.8 Å². The molecule has 21 heavy (non-hydrogen) atoms. The molecule has 2 heterocycles. The Morgan fingerprint density at radius 1 is 1.24 bits per heavy atom. The number of benzene rings is 1. The van der Waals surface area contributed by atoms with Gasteiger partial charge in [0.2, 0.25) is 0 Å². The Bertz CT molecular complexity index is 678. The maximum Gasteiger partial charge on any atom is 0.259 e. The monoisotopic (exact) mass is 282 g/mol. The molecular weight excluding hydrogens is 264 g/mol. The average Bonchev–Trinajstić information content (AvgIpc) is 2.96. The van der Waals surface area contributed by atoms with E-state index in [9.17, 15) is 9.59 Å². The molecule has 1 aromatic heterocycles. The van der Waals surface area contributed by atoms with Gasteiger partial charge in [0.1, 0.15) is 5.56 Å². The summed E-state index contributed by atoms with van der Waals surface area (Å²) < 4.78 is 0. The molecular formula is C17H18N2O2. The van der Waals surface area contributed by atoms with Gasteiger partial charge in [-0.15, -0.1) is 0 Å². The minimum absolute atomic E-state index is 0.157. The van der Waals surface area contributed by atoms with Gasteiger partial charge >= 0.3 is 0 Å². The summed E-state index contributed by atoms with van der Waals surface area (Å²) in [5, 5.41) is 0. The Morgan fingerprint density at radius 2 is 2.05 bits per heavy atom. The minimum atomic E-state index is -0.218. The standard InChI is InChI=1S/C17H18N2O2/c20-16-8-9-18-12-15(16)17(21)19-10-4-7-14(19)11-13-5-2-1-3-6-13/h1-3,5-6,8-9,12,14H,4,7,10-11H2,(H,18,20). The molecule has 0 saturated carbocycles. The normalized spacial score (nSPS) is 17.9. The number of pyridine rings is 1. The highest BCUT2D eigenvalue weighted by Gasteiger charge is 2.30. The van der Waals surface area contributed by atoms with Crippen molar-refractivity contribution in [1.29, 1.82) is 0 Å². The summed E-state index contributed by atoms with van der Waals surface area (Å²) in [5.41, 5.74) is 1.24. The van der Waals surface area contributed by atoms with E-state index in [1.54, 1.807) is 6.20 Å². The Kier molecular flexibility index (Phi) is 3.86. The number of carbonyl (C=O) groups excluding carboxylic acids is 1. The van der Waals surface area contributed by atoms with E-state index in [0.29, 0.717) is 0 Å². The lowest BCUT2D eigenvalue weighted by molar-refractivity contribution is 0.0735. The van der Waals surface area contributed by atoms with Gasteiger partial charge < -0.3 is 9.88 Å². The van der Waals surface area contributed by atoms with Crippen LogP contribution < -0.4 is 5.43 Å². The Hall–Kier alpha value is -2.36. The van der Waals surface area contributed by atoms with Gasteiger partial charge in [0, 0.05) is 31.0 Å². The maximum atomic E-state index is 12.6. The fourth-order valence-electron chi connectivity index (χ4n) is 2.94. The number of carbonyl (C=O) groups is 1. The number of amides is 1. The highest BCUT2D eigenvalue weighted by Crippen LogP contribution is 2.22. The van der Waals surface area contributed by atoms with Crippen molar-refractivity contribution >= 4 is 5.91 Å². The van der Waals surface area contributed by atoms with E-state index in [1.807, 2.05) is 23.1 Å². The molecule has 0 radical (unpaired) electrons. The van der Waals surface area contributed by atoms with E-state index in [4.69, 9.17) is 0 Å². The second-order valence-electron chi connectivity index (χ2n) is 5.41. The molecule has 1 aromatic carbocycles. The zero-order valence-electron chi connectivity index (χ0n) is 11.8. The Labute approximate surface area is 123 Å². The summed E-state index contributed by atoms with van der Waals surface area (Å²) in [5.74, 6) is -0.157. The third-order valence-corrected chi connectivity index (χ3v) is 4.01. The number of hydrogen-bond donors (Lipinski definition) is 1. The summed E-state index contributed by atoms with van der Waals surface area (Å²) in [6, 6.07) is 11.8.